The monoisotopic (exact) mass is 266 g/mol. The van der Waals surface area contributed by atoms with Gasteiger partial charge >= 0.3 is 5.97 Å². The molecule has 0 bridgehead atoms. The Morgan fingerprint density at radius 3 is 2.47 bits per heavy atom. The molecule has 0 heterocycles. The number of Topliss-reactive ketones (excluding diaryl/α,β-unsaturated/α-hetero) is 1. The summed E-state index contributed by atoms with van der Waals surface area (Å²) in [7, 11) is 0. The number of benzene rings is 1. The molecule has 0 aliphatic carbocycles. The zero-order valence-electron chi connectivity index (χ0n) is 11.7. The van der Waals surface area contributed by atoms with Gasteiger partial charge in [-0.2, -0.15) is 0 Å². The SMILES string of the molecule is CCOC(=O)C(C(=O)c1cc(F)ccc1C)C(C)C. The zero-order valence-corrected chi connectivity index (χ0v) is 11.7. The van der Waals surface area contributed by atoms with E-state index < -0.39 is 17.7 Å². The van der Waals surface area contributed by atoms with Crippen molar-refractivity contribution in [2.24, 2.45) is 11.8 Å². The van der Waals surface area contributed by atoms with Crippen molar-refractivity contribution in [1.29, 1.82) is 0 Å². The highest BCUT2D eigenvalue weighted by molar-refractivity contribution is 6.09. The fourth-order valence-electron chi connectivity index (χ4n) is 1.94. The van der Waals surface area contributed by atoms with Crippen molar-refractivity contribution >= 4 is 11.8 Å². The molecular formula is C15H19FO3. The number of hydrogen-bond donors (Lipinski definition) is 0. The predicted molar refractivity (Wildman–Crippen MR) is 70.4 cm³/mol. The lowest BCUT2D eigenvalue weighted by Gasteiger charge is -2.18. The van der Waals surface area contributed by atoms with E-state index in [-0.39, 0.29) is 23.9 Å². The number of carbonyl (C=O) groups is 2. The number of carbonyl (C=O) groups excluding carboxylic acids is 2. The molecule has 104 valence electrons. The molecule has 1 unspecified atom stereocenters. The van der Waals surface area contributed by atoms with Crippen molar-refractivity contribution in [2.75, 3.05) is 6.61 Å². The van der Waals surface area contributed by atoms with E-state index in [0.717, 1.165) is 0 Å². The minimum Gasteiger partial charge on any atom is -0.465 e. The summed E-state index contributed by atoms with van der Waals surface area (Å²) < 4.78 is 18.2. The Morgan fingerprint density at radius 1 is 1.32 bits per heavy atom. The third kappa shape index (κ3) is 3.63. The van der Waals surface area contributed by atoms with Crippen LogP contribution in [0.1, 0.15) is 36.7 Å². The second-order valence-corrected chi connectivity index (χ2v) is 4.80. The number of halogens is 1. The van der Waals surface area contributed by atoms with Gasteiger partial charge in [-0.1, -0.05) is 19.9 Å². The Morgan fingerprint density at radius 2 is 1.95 bits per heavy atom. The van der Waals surface area contributed by atoms with Gasteiger partial charge in [0, 0.05) is 5.56 Å². The fourth-order valence-corrected chi connectivity index (χ4v) is 1.94. The van der Waals surface area contributed by atoms with Crippen LogP contribution >= 0.6 is 0 Å². The molecule has 19 heavy (non-hydrogen) atoms. The first-order valence-electron chi connectivity index (χ1n) is 6.35. The van der Waals surface area contributed by atoms with Gasteiger partial charge in [-0.05, 0) is 37.5 Å². The summed E-state index contributed by atoms with van der Waals surface area (Å²) in [6.07, 6.45) is 0. The third-order valence-electron chi connectivity index (χ3n) is 2.95. The van der Waals surface area contributed by atoms with Crippen LogP contribution in [0.2, 0.25) is 0 Å². The Hall–Kier alpha value is -1.71. The van der Waals surface area contributed by atoms with E-state index in [1.807, 2.05) is 0 Å². The van der Waals surface area contributed by atoms with Gasteiger partial charge in [0.1, 0.15) is 11.7 Å². The quantitative estimate of drug-likeness (QED) is 0.467. The van der Waals surface area contributed by atoms with E-state index in [1.54, 1.807) is 27.7 Å². The second kappa shape index (κ2) is 6.45. The van der Waals surface area contributed by atoms with E-state index in [9.17, 15) is 14.0 Å². The Kier molecular flexibility index (Phi) is 5.21. The first kappa shape index (κ1) is 15.3. The van der Waals surface area contributed by atoms with Crippen molar-refractivity contribution in [1.82, 2.24) is 0 Å². The molecule has 1 atom stereocenters. The van der Waals surface area contributed by atoms with E-state index in [1.165, 1.54) is 18.2 Å². The minimum atomic E-state index is -0.888. The van der Waals surface area contributed by atoms with Gasteiger partial charge in [-0.3, -0.25) is 9.59 Å². The summed E-state index contributed by atoms with van der Waals surface area (Å²) in [5, 5.41) is 0. The average Bonchev–Trinajstić information content (AvgIpc) is 2.32. The minimum absolute atomic E-state index is 0.200. The van der Waals surface area contributed by atoms with E-state index in [4.69, 9.17) is 4.74 Å². The summed E-state index contributed by atoms with van der Waals surface area (Å²) in [6, 6.07) is 4.00. The van der Waals surface area contributed by atoms with Crippen LogP contribution in [0.5, 0.6) is 0 Å². The Balaban J connectivity index is 3.13. The fraction of sp³-hybridized carbons (Fsp3) is 0.467. The van der Waals surface area contributed by atoms with Crippen LogP contribution in [0.4, 0.5) is 4.39 Å². The standard InChI is InChI=1S/C15H19FO3/c1-5-19-15(18)13(9(2)3)14(17)12-8-11(16)7-6-10(12)4/h6-9,13H,5H2,1-4H3. The number of ether oxygens (including phenoxy) is 1. The van der Waals surface area contributed by atoms with Crippen LogP contribution in [-0.2, 0) is 9.53 Å². The molecule has 0 spiro atoms. The maximum absolute atomic E-state index is 13.3. The van der Waals surface area contributed by atoms with Crippen LogP contribution in [-0.4, -0.2) is 18.4 Å². The molecule has 1 rings (SSSR count). The summed E-state index contributed by atoms with van der Waals surface area (Å²) in [4.78, 5) is 24.3. The summed E-state index contributed by atoms with van der Waals surface area (Å²) >= 11 is 0. The van der Waals surface area contributed by atoms with Gasteiger partial charge in [0.15, 0.2) is 5.78 Å². The van der Waals surface area contributed by atoms with Crippen molar-refractivity contribution in [3.8, 4) is 0 Å². The van der Waals surface area contributed by atoms with Crippen molar-refractivity contribution in [3.63, 3.8) is 0 Å². The first-order valence-corrected chi connectivity index (χ1v) is 6.35. The molecule has 0 saturated carbocycles. The highest BCUT2D eigenvalue weighted by atomic mass is 19.1. The lowest BCUT2D eigenvalue weighted by Crippen LogP contribution is -2.31. The number of aryl methyl sites for hydroxylation is 1. The van der Waals surface area contributed by atoms with Crippen LogP contribution < -0.4 is 0 Å². The van der Waals surface area contributed by atoms with Gasteiger partial charge in [0.05, 0.1) is 6.61 Å². The zero-order chi connectivity index (χ0) is 14.6. The van der Waals surface area contributed by atoms with Gasteiger partial charge in [0.25, 0.3) is 0 Å². The van der Waals surface area contributed by atoms with Crippen LogP contribution in [0.15, 0.2) is 18.2 Å². The topological polar surface area (TPSA) is 43.4 Å². The van der Waals surface area contributed by atoms with Gasteiger partial charge in [-0.15, -0.1) is 0 Å². The van der Waals surface area contributed by atoms with Gasteiger partial charge < -0.3 is 4.74 Å². The first-order chi connectivity index (χ1) is 8.88. The van der Waals surface area contributed by atoms with Gasteiger partial charge in [-0.25, -0.2) is 4.39 Å². The van der Waals surface area contributed by atoms with Gasteiger partial charge in [0.2, 0.25) is 0 Å². The largest absolute Gasteiger partial charge is 0.465 e. The molecule has 0 fully saturated rings. The molecule has 0 radical (unpaired) electrons. The molecule has 0 saturated heterocycles. The Bertz CT molecular complexity index is 480. The Labute approximate surface area is 112 Å². The normalized spacial score (nSPS) is 12.3. The van der Waals surface area contributed by atoms with Crippen LogP contribution in [0, 0.1) is 24.6 Å². The summed E-state index contributed by atoms with van der Waals surface area (Å²) in [5.74, 6) is -2.51. The third-order valence-corrected chi connectivity index (χ3v) is 2.95. The number of ketones is 1. The maximum Gasteiger partial charge on any atom is 0.317 e. The summed E-state index contributed by atoms with van der Waals surface area (Å²) in [5.41, 5.74) is 0.896. The van der Waals surface area contributed by atoms with Crippen molar-refractivity contribution in [3.05, 3.63) is 35.1 Å². The van der Waals surface area contributed by atoms with Crippen molar-refractivity contribution in [2.45, 2.75) is 27.7 Å². The maximum atomic E-state index is 13.3. The van der Waals surface area contributed by atoms with E-state index >= 15 is 0 Å². The predicted octanol–water partition coefficient (Wildman–Crippen LogP) is 3.15. The van der Waals surface area contributed by atoms with Crippen LogP contribution in [0.3, 0.4) is 0 Å². The molecule has 0 N–H and O–H groups in total. The average molecular weight is 266 g/mol. The number of rotatable bonds is 5. The molecule has 3 nitrogen and oxygen atoms in total. The molecule has 0 amide bonds. The molecule has 0 aliphatic rings. The molecule has 0 aromatic heterocycles. The molecular weight excluding hydrogens is 247 g/mol. The smallest absolute Gasteiger partial charge is 0.317 e. The highest BCUT2D eigenvalue weighted by Crippen LogP contribution is 2.22. The summed E-state index contributed by atoms with van der Waals surface area (Å²) in [6.45, 7) is 7.17. The lowest BCUT2D eigenvalue weighted by molar-refractivity contribution is -0.147. The van der Waals surface area contributed by atoms with E-state index in [2.05, 4.69) is 0 Å². The second-order valence-electron chi connectivity index (χ2n) is 4.80. The number of hydrogen-bond acceptors (Lipinski definition) is 3. The molecule has 0 aliphatic heterocycles. The van der Waals surface area contributed by atoms with Crippen molar-refractivity contribution < 1.29 is 18.7 Å². The lowest BCUT2D eigenvalue weighted by atomic mass is 9.86. The van der Waals surface area contributed by atoms with E-state index in [0.29, 0.717) is 5.56 Å². The highest BCUT2D eigenvalue weighted by Gasteiger charge is 2.32. The molecule has 1 aromatic carbocycles. The molecule has 1 aromatic rings. The molecule has 4 heteroatoms. The number of esters is 1. The van der Waals surface area contributed by atoms with Crippen LogP contribution in [0.25, 0.3) is 0 Å².